The molecule has 3 amide bonds. The lowest BCUT2D eigenvalue weighted by atomic mass is 9.97. The molecule has 0 heterocycles. The maximum Gasteiger partial charge on any atom is 0.222 e. The first kappa shape index (κ1) is 22.4. The first-order valence-corrected chi connectivity index (χ1v) is 8.65. The Labute approximate surface area is 145 Å². The highest BCUT2D eigenvalue weighted by Gasteiger charge is 2.31. The molecule has 0 saturated carbocycles. The van der Waals surface area contributed by atoms with E-state index in [9.17, 15) is 14.4 Å². The van der Waals surface area contributed by atoms with Gasteiger partial charge in [0.15, 0.2) is 0 Å². The van der Waals surface area contributed by atoms with Gasteiger partial charge in [0.05, 0.1) is 5.54 Å². The zero-order valence-electron chi connectivity index (χ0n) is 15.9. The monoisotopic (exact) mass is 342 g/mol. The predicted octanol–water partition coefficient (Wildman–Crippen LogP) is 0.405. The molecule has 0 aromatic carbocycles. The summed E-state index contributed by atoms with van der Waals surface area (Å²) in [6, 6.07) is 0. The molecule has 24 heavy (non-hydrogen) atoms. The van der Waals surface area contributed by atoms with Crippen LogP contribution in [0.4, 0.5) is 0 Å². The summed E-state index contributed by atoms with van der Waals surface area (Å²) in [5, 5.41) is 12.0. The van der Waals surface area contributed by atoms with E-state index in [1.54, 1.807) is 6.92 Å². The Kier molecular flexibility index (Phi) is 10.3. The molecule has 1 atom stereocenters. The van der Waals surface area contributed by atoms with E-state index in [4.69, 9.17) is 0 Å². The van der Waals surface area contributed by atoms with Crippen molar-refractivity contribution >= 4 is 17.7 Å². The largest absolute Gasteiger partial charge is 0.354 e. The standard InChI is InChI=1S/C17H34N4O3/c1-7-15(23)19-10-17(9-18-14(6)22,21-8-12(2)3)11-20-16(24)13(4)5/h12-13,21H,7-11H2,1-6H3,(H,18,22)(H,19,23)(H,20,24). The quantitative estimate of drug-likeness (QED) is 0.437. The van der Waals surface area contributed by atoms with Crippen LogP contribution in [0.3, 0.4) is 0 Å². The smallest absolute Gasteiger partial charge is 0.222 e. The van der Waals surface area contributed by atoms with Crippen molar-refractivity contribution in [3.8, 4) is 0 Å². The number of nitrogens with one attached hydrogen (secondary N) is 4. The van der Waals surface area contributed by atoms with Gasteiger partial charge in [-0.1, -0.05) is 34.6 Å². The van der Waals surface area contributed by atoms with E-state index >= 15 is 0 Å². The molecular formula is C17H34N4O3. The molecule has 4 N–H and O–H groups in total. The van der Waals surface area contributed by atoms with Crippen LogP contribution in [0, 0.1) is 11.8 Å². The van der Waals surface area contributed by atoms with Crippen molar-refractivity contribution in [2.45, 2.75) is 53.5 Å². The number of hydrogen-bond donors (Lipinski definition) is 4. The van der Waals surface area contributed by atoms with Crippen LogP contribution in [0.2, 0.25) is 0 Å². The first-order valence-electron chi connectivity index (χ1n) is 8.65. The minimum Gasteiger partial charge on any atom is -0.354 e. The van der Waals surface area contributed by atoms with Crippen molar-refractivity contribution in [3.05, 3.63) is 0 Å². The molecule has 0 aliphatic heterocycles. The van der Waals surface area contributed by atoms with Gasteiger partial charge in [0.2, 0.25) is 17.7 Å². The van der Waals surface area contributed by atoms with Gasteiger partial charge in [0.25, 0.3) is 0 Å². The van der Waals surface area contributed by atoms with Gasteiger partial charge in [-0.3, -0.25) is 14.4 Å². The van der Waals surface area contributed by atoms with Crippen LogP contribution >= 0.6 is 0 Å². The van der Waals surface area contributed by atoms with Crippen LogP contribution in [0.5, 0.6) is 0 Å². The van der Waals surface area contributed by atoms with E-state index in [-0.39, 0.29) is 23.6 Å². The summed E-state index contributed by atoms with van der Waals surface area (Å²) < 4.78 is 0. The topological polar surface area (TPSA) is 99.3 Å². The van der Waals surface area contributed by atoms with Gasteiger partial charge >= 0.3 is 0 Å². The lowest BCUT2D eigenvalue weighted by Crippen LogP contribution is -2.65. The number of hydrogen-bond acceptors (Lipinski definition) is 4. The fraction of sp³-hybridized carbons (Fsp3) is 0.824. The second-order valence-electron chi connectivity index (χ2n) is 6.97. The van der Waals surface area contributed by atoms with Crippen LogP contribution in [0.15, 0.2) is 0 Å². The van der Waals surface area contributed by atoms with E-state index < -0.39 is 5.54 Å². The third kappa shape index (κ3) is 9.50. The van der Waals surface area contributed by atoms with Crippen molar-refractivity contribution in [2.24, 2.45) is 11.8 Å². The molecule has 0 aliphatic carbocycles. The van der Waals surface area contributed by atoms with Gasteiger partial charge < -0.3 is 21.3 Å². The maximum absolute atomic E-state index is 11.9. The zero-order valence-corrected chi connectivity index (χ0v) is 15.9. The van der Waals surface area contributed by atoms with Crippen LogP contribution in [0.1, 0.15) is 48.0 Å². The molecule has 0 rings (SSSR count). The molecule has 7 nitrogen and oxygen atoms in total. The van der Waals surface area contributed by atoms with Crippen LogP contribution < -0.4 is 21.3 Å². The van der Waals surface area contributed by atoms with E-state index in [0.717, 1.165) is 0 Å². The van der Waals surface area contributed by atoms with E-state index in [1.807, 2.05) is 13.8 Å². The van der Waals surface area contributed by atoms with Crippen molar-refractivity contribution in [1.82, 2.24) is 21.3 Å². The fourth-order valence-electron chi connectivity index (χ4n) is 1.94. The number of carbonyl (C=O) groups is 3. The van der Waals surface area contributed by atoms with Gasteiger partial charge in [-0.25, -0.2) is 0 Å². The molecule has 0 aliphatic rings. The summed E-state index contributed by atoms with van der Waals surface area (Å²) in [5.41, 5.74) is -0.634. The summed E-state index contributed by atoms with van der Waals surface area (Å²) in [4.78, 5) is 35.0. The second kappa shape index (κ2) is 11.0. The van der Waals surface area contributed by atoms with Crippen LogP contribution in [0.25, 0.3) is 0 Å². The van der Waals surface area contributed by atoms with Gasteiger partial charge in [0, 0.05) is 38.9 Å². The first-order chi connectivity index (χ1) is 11.1. The van der Waals surface area contributed by atoms with Crippen molar-refractivity contribution in [3.63, 3.8) is 0 Å². The summed E-state index contributed by atoms with van der Waals surface area (Å²) in [5.74, 6) is -0.00926. The lowest BCUT2D eigenvalue weighted by Gasteiger charge is -2.36. The van der Waals surface area contributed by atoms with Crippen molar-refractivity contribution in [1.29, 1.82) is 0 Å². The highest BCUT2D eigenvalue weighted by atomic mass is 16.2. The molecule has 0 bridgehead atoms. The second-order valence-corrected chi connectivity index (χ2v) is 6.97. The van der Waals surface area contributed by atoms with Crippen LogP contribution in [-0.2, 0) is 14.4 Å². The molecule has 0 spiro atoms. The zero-order chi connectivity index (χ0) is 18.8. The summed E-state index contributed by atoms with van der Waals surface area (Å²) in [6.45, 7) is 12.7. The van der Waals surface area contributed by atoms with E-state index in [1.165, 1.54) is 6.92 Å². The minimum absolute atomic E-state index is 0.0598. The Bertz CT molecular complexity index is 424. The highest BCUT2D eigenvalue weighted by Crippen LogP contribution is 2.05. The van der Waals surface area contributed by atoms with Gasteiger partial charge in [-0.05, 0) is 12.5 Å². The lowest BCUT2D eigenvalue weighted by molar-refractivity contribution is -0.124. The Morgan fingerprint density at radius 2 is 1.46 bits per heavy atom. The van der Waals surface area contributed by atoms with E-state index in [2.05, 4.69) is 35.1 Å². The Morgan fingerprint density at radius 3 is 1.92 bits per heavy atom. The molecule has 0 radical (unpaired) electrons. The maximum atomic E-state index is 11.9. The third-order valence-electron chi connectivity index (χ3n) is 3.63. The van der Waals surface area contributed by atoms with E-state index in [0.29, 0.717) is 38.5 Å². The summed E-state index contributed by atoms with van der Waals surface area (Å²) >= 11 is 0. The van der Waals surface area contributed by atoms with Crippen molar-refractivity contribution < 1.29 is 14.4 Å². The summed E-state index contributed by atoms with van der Waals surface area (Å²) in [6.07, 6.45) is 0.388. The number of amides is 3. The third-order valence-corrected chi connectivity index (χ3v) is 3.63. The molecule has 140 valence electrons. The van der Waals surface area contributed by atoms with Gasteiger partial charge in [0.1, 0.15) is 0 Å². The fourth-order valence-corrected chi connectivity index (χ4v) is 1.94. The Hall–Kier alpha value is -1.63. The minimum atomic E-state index is -0.634. The average Bonchev–Trinajstić information content (AvgIpc) is 2.52. The normalized spacial score (nSPS) is 13.5. The molecular weight excluding hydrogens is 308 g/mol. The molecule has 0 aromatic heterocycles. The average molecular weight is 342 g/mol. The van der Waals surface area contributed by atoms with Gasteiger partial charge in [-0.2, -0.15) is 0 Å². The SMILES string of the molecule is CCC(=O)NCC(CNC(C)=O)(CNC(=O)C(C)C)NCC(C)C. The highest BCUT2D eigenvalue weighted by molar-refractivity contribution is 5.78. The molecule has 0 aromatic rings. The van der Waals surface area contributed by atoms with Gasteiger partial charge in [-0.15, -0.1) is 0 Å². The van der Waals surface area contributed by atoms with Crippen LogP contribution in [-0.4, -0.2) is 49.4 Å². The summed E-state index contributed by atoms with van der Waals surface area (Å²) in [7, 11) is 0. The number of carbonyl (C=O) groups excluding carboxylic acids is 3. The molecule has 0 saturated heterocycles. The Morgan fingerprint density at radius 1 is 0.917 bits per heavy atom. The molecule has 1 unspecified atom stereocenters. The van der Waals surface area contributed by atoms with Crippen molar-refractivity contribution in [2.75, 3.05) is 26.2 Å². The predicted molar refractivity (Wildman–Crippen MR) is 95.4 cm³/mol. The Balaban J connectivity index is 5.16. The number of rotatable bonds is 11. The molecule has 7 heteroatoms. The molecule has 0 fully saturated rings.